The first-order valence-electron chi connectivity index (χ1n) is 6.83. The first-order valence-corrected chi connectivity index (χ1v) is 8.06. The lowest BCUT2D eigenvalue weighted by molar-refractivity contribution is -0.384. The Hall–Kier alpha value is -2.80. The van der Waals surface area contributed by atoms with Crippen molar-refractivity contribution >= 4 is 23.3 Å². The summed E-state index contributed by atoms with van der Waals surface area (Å²) in [6.07, 6.45) is 2.02. The minimum Gasteiger partial charge on any atom is -0.382 e. The molecule has 6 nitrogen and oxygen atoms in total. The Morgan fingerprint density at radius 2 is 1.78 bits per heavy atom. The van der Waals surface area contributed by atoms with Gasteiger partial charge < -0.3 is 5.73 Å². The molecular weight excluding hydrogens is 312 g/mol. The summed E-state index contributed by atoms with van der Waals surface area (Å²) in [6, 6.07) is 16.1. The van der Waals surface area contributed by atoms with Crippen LogP contribution in [0.15, 0.2) is 59.5 Å². The molecule has 7 heteroatoms. The molecule has 23 heavy (non-hydrogen) atoms. The molecule has 0 aliphatic rings. The summed E-state index contributed by atoms with van der Waals surface area (Å²) in [5.41, 5.74) is 8.42. The molecule has 116 valence electrons. The van der Waals surface area contributed by atoms with E-state index in [-0.39, 0.29) is 5.69 Å². The monoisotopic (exact) mass is 326 g/mol. The van der Waals surface area contributed by atoms with Gasteiger partial charge in [-0.25, -0.2) is 4.68 Å². The van der Waals surface area contributed by atoms with Crippen LogP contribution in [0, 0.1) is 10.1 Å². The first-order chi connectivity index (χ1) is 11.1. The predicted molar refractivity (Wildman–Crippen MR) is 91.8 cm³/mol. The molecule has 2 aromatic carbocycles. The number of hydrogen-bond donors (Lipinski definition) is 1. The molecule has 0 radical (unpaired) electrons. The average molecular weight is 326 g/mol. The number of nitrogens with two attached hydrogens (primary N) is 1. The van der Waals surface area contributed by atoms with Gasteiger partial charge in [-0.2, -0.15) is 5.10 Å². The van der Waals surface area contributed by atoms with E-state index in [0.717, 1.165) is 16.9 Å². The number of anilines is 1. The number of nitrogen functional groups attached to an aromatic ring is 1. The van der Waals surface area contributed by atoms with E-state index in [0.29, 0.717) is 5.82 Å². The molecule has 0 fully saturated rings. The zero-order valence-electron chi connectivity index (χ0n) is 12.3. The lowest BCUT2D eigenvalue weighted by Gasteiger charge is -2.08. The lowest BCUT2D eigenvalue weighted by Crippen LogP contribution is -2.00. The maximum atomic E-state index is 10.8. The van der Waals surface area contributed by atoms with Gasteiger partial charge in [0.15, 0.2) is 0 Å². The summed E-state index contributed by atoms with van der Waals surface area (Å²) in [6.45, 7) is 0. The maximum Gasteiger partial charge on any atom is 0.269 e. The van der Waals surface area contributed by atoms with E-state index in [4.69, 9.17) is 5.73 Å². The highest BCUT2D eigenvalue weighted by atomic mass is 32.2. The smallest absolute Gasteiger partial charge is 0.269 e. The van der Waals surface area contributed by atoms with Crippen molar-refractivity contribution in [2.75, 3.05) is 12.0 Å². The number of nitro benzene ring substituents is 1. The van der Waals surface area contributed by atoms with E-state index in [1.807, 2.05) is 30.5 Å². The lowest BCUT2D eigenvalue weighted by atomic mass is 10.1. The number of nitro groups is 1. The summed E-state index contributed by atoms with van der Waals surface area (Å²) in [4.78, 5) is 11.5. The molecule has 0 saturated carbocycles. The van der Waals surface area contributed by atoms with Crippen LogP contribution in [0.1, 0.15) is 0 Å². The van der Waals surface area contributed by atoms with Crippen molar-refractivity contribution in [2.24, 2.45) is 0 Å². The van der Waals surface area contributed by atoms with E-state index in [2.05, 4.69) is 5.10 Å². The van der Waals surface area contributed by atoms with Crippen molar-refractivity contribution in [2.45, 2.75) is 4.90 Å². The first kappa shape index (κ1) is 15.1. The number of nitrogens with zero attached hydrogens (tertiary/aromatic N) is 3. The number of non-ortho nitro benzene ring substituents is 1. The van der Waals surface area contributed by atoms with Crippen LogP contribution < -0.4 is 5.73 Å². The highest BCUT2D eigenvalue weighted by molar-refractivity contribution is 7.98. The summed E-state index contributed by atoms with van der Waals surface area (Å²) >= 11 is 1.67. The molecule has 0 spiro atoms. The Morgan fingerprint density at radius 3 is 2.35 bits per heavy atom. The molecule has 0 aliphatic heterocycles. The minimum absolute atomic E-state index is 0.0414. The van der Waals surface area contributed by atoms with Crippen LogP contribution in [-0.4, -0.2) is 21.0 Å². The standard InChI is InChI=1S/C16H14N4O2S/c1-23-14-8-2-11(3-9-14)15-10-16(17)18-19(15)12-4-6-13(7-5-12)20(21)22/h2-10H,1H3,(H2,17,18). The number of rotatable bonds is 4. The Morgan fingerprint density at radius 1 is 1.13 bits per heavy atom. The fourth-order valence-electron chi connectivity index (χ4n) is 2.28. The molecule has 2 N–H and O–H groups in total. The Bertz CT molecular complexity index is 842. The van der Waals surface area contributed by atoms with Crippen molar-refractivity contribution < 1.29 is 4.92 Å². The topological polar surface area (TPSA) is 87.0 Å². The van der Waals surface area contributed by atoms with Crippen molar-refractivity contribution in [1.82, 2.24) is 9.78 Å². The molecule has 0 unspecified atom stereocenters. The molecule has 0 saturated heterocycles. The molecule has 0 atom stereocenters. The Balaban J connectivity index is 2.04. The van der Waals surface area contributed by atoms with Gasteiger partial charge in [-0.05, 0) is 30.5 Å². The third kappa shape index (κ3) is 3.04. The van der Waals surface area contributed by atoms with Gasteiger partial charge in [-0.15, -0.1) is 11.8 Å². The summed E-state index contributed by atoms with van der Waals surface area (Å²) in [5, 5.41) is 15.1. The maximum absolute atomic E-state index is 10.8. The summed E-state index contributed by atoms with van der Waals surface area (Å²) < 4.78 is 1.69. The zero-order valence-corrected chi connectivity index (χ0v) is 13.2. The summed E-state index contributed by atoms with van der Waals surface area (Å²) in [5.74, 6) is 0.396. The van der Waals surface area contributed by atoms with Gasteiger partial charge in [0.2, 0.25) is 0 Å². The van der Waals surface area contributed by atoms with E-state index in [1.165, 1.54) is 17.0 Å². The van der Waals surface area contributed by atoms with Crippen LogP contribution in [0.3, 0.4) is 0 Å². The van der Waals surface area contributed by atoms with Crippen LogP contribution in [0.4, 0.5) is 11.5 Å². The van der Waals surface area contributed by atoms with Crippen LogP contribution in [0.5, 0.6) is 0 Å². The Kier molecular flexibility index (Phi) is 4.03. The third-order valence-electron chi connectivity index (χ3n) is 3.42. The fourth-order valence-corrected chi connectivity index (χ4v) is 2.69. The average Bonchev–Trinajstić information content (AvgIpc) is 2.97. The third-order valence-corrected chi connectivity index (χ3v) is 4.16. The van der Waals surface area contributed by atoms with Gasteiger partial charge in [0.1, 0.15) is 5.82 Å². The molecule has 0 bridgehead atoms. The van der Waals surface area contributed by atoms with Crippen LogP contribution in [0.25, 0.3) is 16.9 Å². The summed E-state index contributed by atoms with van der Waals surface area (Å²) in [7, 11) is 0. The van der Waals surface area contributed by atoms with Gasteiger partial charge in [-0.3, -0.25) is 10.1 Å². The van der Waals surface area contributed by atoms with Gasteiger partial charge in [-0.1, -0.05) is 12.1 Å². The highest BCUT2D eigenvalue weighted by Gasteiger charge is 2.12. The second kappa shape index (κ2) is 6.13. The molecule has 1 heterocycles. The van der Waals surface area contributed by atoms with E-state index in [9.17, 15) is 10.1 Å². The number of thioether (sulfide) groups is 1. The number of aromatic nitrogens is 2. The minimum atomic E-state index is -0.427. The molecule has 3 rings (SSSR count). The predicted octanol–water partition coefficient (Wildman–Crippen LogP) is 3.75. The molecule has 0 amide bonds. The van der Waals surface area contributed by atoms with Crippen LogP contribution in [-0.2, 0) is 0 Å². The van der Waals surface area contributed by atoms with Crippen LogP contribution in [0.2, 0.25) is 0 Å². The van der Waals surface area contributed by atoms with E-state index in [1.54, 1.807) is 34.6 Å². The van der Waals surface area contributed by atoms with E-state index >= 15 is 0 Å². The zero-order chi connectivity index (χ0) is 16.4. The highest BCUT2D eigenvalue weighted by Crippen LogP contribution is 2.27. The molecule has 0 aliphatic carbocycles. The molecule has 3 aromatic rings. The SMILES string of the molecule is CSc1ccc(-c2cc(N)nn2-c2ccc([N+](=O)[O-])cc2)cc1. The van der Waals surface area contributed by atoms with Crippen molar-refractivity contribution in [3.05, 3.63) is 64.7 Å². The van der Waals surface area contributed by atoms with Gasteiger partial charge >= 0.3 is 0 Å². The van der Waals surface area contributed by atoms with Crippen molar-refractivity contribution in [1.29, 1.82) is 0 Å². The molecular formula is C16H14N4O2S. The second-order valence-electron chi connectivity index (χ2n) is 4.87. The van der Waals surface area contributed by atoms with Gasteiger partial charge in [0, 0.05) is 28.7 Å². The quantitative estimate of drug-likeness (QED) is 0.448. The Labute approximate surface area is 137 Å². The largest absolute Gasteiger partial charge is 0.382 e. The number of benzene rings is 2. The van der Waals surface area contributed by atoms with Gasteiger partial charge in [0.25, 0.3) is 5.69 Å². The van der Waals surface area contributed by atoms with Crippen molar-refractivity contribution in [3.63, 3.8) is 0 Å². The second-order valence-corrected chi connectivity index (χ2v) is 5.75. The van der Waals surface area contributed by atoms with E-state index < -0.39 is 4.92 Å². The fraction of sp³-hybridized carbons (Fsp3) is 0.0625. The number of hydrogen-bond acceptors (Lipinski definition) is 5. The van der Waals surface area contributed by atoms with Gasteiger partial charge in [0.05, 0.1) is 16.3 Å². The van der Waals surface area contributed by atoms with Crippen LogP contribution >= 0.6 is 11.8 Å². The van der Waals surface area contributed by atoms with Crippen molar-refractivity contribution in [3.8, 4) is 16.9 Å². The normalized spacial score (nSPS) is 10.7. The molecule has 1 aromatic heterocycles.